The van der Waals surface area contributed by atoms with E-state index in [2.05, 4.69) is 0 Å². The molecule has 22 heavy (non-hydrogen) atoms. The van der Waals surface area contributed by atoms with Crippen molar-refractivity contribution in [2.75, 3.05) is 0 Å². The van der Waals surface area contributed by atoms with Crippen LogP contribution in [0.15, 0.2) is 23.1 Å². The molecule has 3 nitrogen and oxygen atoms in total. The van der Waals surface area contributed by atoms with Crippen LogP contribution in [-0.4, -0.2) is 28.0 Å². The first kappa shape index (κ1) is 17.5. The van der Waals surface area contributed by atoms with E-state index in [1.165, 1.54) is 18.2 Å². The molecule has 1 aliphatic rings. The van der Waals surface area contributed by atoms with Gasteiger partial charge in [0.2, 0.25) is 0 Å². The molecule has 0 saturated carbocycles. The number of hydrogen-bond acceptors (Lipinski definition) is 3. The average molecular weight is 334 g/mol. The number of alkyl halides is 3. The summed E-state index contributed by atoms with van der Waals surface area (Å²) >= 11 is 0. The molecule has 2 rings (SSSR count). The number of halogens is 3. The van der Waals surface area contributed by atoms with Crippen LogP contribution in [0.3, 0.4) is 0 Å². The lowest BCUT2D eigenvalue weighted by atomic mass is 9.76. The number of rotatable bonds is 2. The zero-order valence-electron chi connectivity index (χ0n) is 13.1. The average Bonchev–Trinajstić information content (AvgIpc) is 2.55. The van der Waals surface area contributed by atoms with Crippen molar-refractivity contribution in [1.82, 2.24) is 0 Å². The Balaban J connectivity index is 2.31. The van der Waals surface area contributed by atoms with Gasteiger partial charge >= 0.3 is 12.6 Å². The quantitative estimate of drug-likeness (QED) is 0.780. The summed E-state index contributed by atoms with van der Waals surface area (Å²) in [7, 11) is -3.69. The van der Waals surface area contributed by atoms with Gasteiger partial charge in [0, 0.05) is 4.90 Å². The van der Waals surface area contributed by atoms with Crippen molar-refractivity contribution >= 4 is 23.4 Å². The fourth-order valence-electron chi connectivity index (χ4n) is 2.13. The zero-order valence-corrected chi connectivity index (χ0v) is 13.9. The van der Waals surface area contributed by atoms with Gasteiger partial charge in [-0.15, -0.1) is 0 Å². The third-order valence-electron chi connectivity index (χ3n) is 4.17. The molecule has 122 valence electrons. The Bertz CT molecular complexity index is 598. The predicted molar refractivity (Wildman–Crippen MR) is 79.4 cm³/mol. The van der Waals surface area contributed by atoms with E-state index in [1.54, 1.807) is 6.92 Å². The van der Waals surface area contributed by atoms with Crippen LogP contribution in [0.2, 0.25) is 0 Å². The first-order chi connectivity index (χ1) is 9.85. The first-order valence-electron chi connectivity index (χ1n) is 6.80. The van der Waals surface area contributed by atoms with Crippen molar-refractivity contribution in [3.8, 4) is 0 Å². The molecule has 8 heteroatoms. The maximum absolute atomic E-state index is 12.5. The summed E-state index contributed by atoms with van der Waals surface area (Å²) in [5.41, 5.74) is -4.64. The minimum Gasteiger partial charge on any atom is -0.399 e. The lowest BCUT2D eigenvalue weighted by molar-refractivity contribution is -0.0384. The zero-order chi connectivity index (χ0) is 16.9. The predicted octanol–water partition coefficient (Wildman–Crippen LogP) is 2.92. The van der Waals surface area contributed by atoms with Crippen molar-refractivity contribution in [3.63, 3.8) is 0 Å². The molecule has 1 atom stereocenters. The molecule has 1 unspecified atom stereocenters. The van der Waals surface area contributed by atoms with Gasteiger partial charge in [-0.1, -0.05) is 11.6 Å². The third-order valence-corrected chi connectivity index (χ3v) is 5.28. The summed E-state index contributed by atoms with van der Waals surface area (Å²) in [5, 5.41) is 0. The molecule has 0 bridgehead atoms. The highest BCUT2D eigenvalue weighted by molar-refractivity contribution is 7.86. The van der Waals surface area contributed by atoms with E-state index < -0.39 is 34.6 Å². The molecular formula is C14H18BF3O3S. The second-order valence-electron chi connectivity index (χ2n) is 6.32. The SMILES string of the molecule is Cc1cc(S(=O)C(F)(F)F)ccc1B1OC(C)(C)C(C)(C)O1. The summed E-state index contributed by atoms with van der Waals surface area (Å²) in [5.74, 6) is 0. The Labute approximate surface area is 130 Å². The van der Waals surface area contributed by atoms with Gasteiger partial charge in [0.25, 0.3) is 0 Å². The molecule has 0 aromatic heterocycles. The van der Waals surface area contributed by atoms with Gasteiger partial charge in [0.1, 0.15) is 0 Å². The fourth-order valence-corrected chi connectivity index (χ4v) is 2.87. The van der Waals surface area contributed by atoms with E-state index in [9.17, 15) is 17.4 Å². The van der Waals surface area contributed by atoms with Gasteiger partial charge in [0.05, 0.1) is 11.2 Å². The molecule has 1 aromatic carbocycles. The molecule has 1 fully saturated rings. The Hall–Kier alpha value is -0.855. The van der Waals surface area contributed by atoms with Crippen LogP contribution < -0.4 is 5.46 Å². The summed E-state index contributed by atoms with van der Waals surface area (Å²) in [6, 6.07) is 3.96. The first-order valence-corrected chi connectivity index (χ1v) is 7.95. The van der Waals surface area contributed by atoms with Crippen LogP contribution in [0.25, 0.3) is 0 Å². The van der Waals surface area contributed by atoms with E-state index in [4.69, 9.17) is 9.31 Å². The lowest BCUT2D eigenvalue weighted by Crippen LogP contribution is -2.41. The second-order valence-corrected chi connectivity index (χ2v) is 7.79. The van der Waals surface area contributed by atoms with Gasteiger partial charge in [-0.25, -0.2) is 4.21 Å². The van der Waals surface area contributed by atoms with E-state index >= 15 is 0 Å². The number of hydrogen-bond donors (Lipinski definition) is 0. The number of benzene rings is 1. The summed E-state index contributed by atoms with van der Waals surface area (Å²) in [6.07, 6.45) is 0. The highest BCUT2D eigenvalue weighted by Crippen LogP contribution is 2.37. The smallest absolute Gasteiger partial charge is 0.399 e. The number of aryl methyl sites for hydroxylation is 1. The van der Waals surface area contributed by atoms with E-state index in [1.807, 2.05) is 27.7 Å². The van der Waals surface area contributed by atoms with Crippen LogP contribution in [0, 0.1) is 6.92 Å². The normalized spacial score (nSPS) is 21.9. The largest absolute Gasteiger partial charge is 0.495 e. The standard InChI is InChI=1S/C14H18BF3O3S/c1-9-8-10(22(19)14(16,17)18)6-7-11(9)15-20-12(2,3)13(4,5)21-15/h6-8H,1-5H3. The molecular weight excluding hydrogens is 316 g/mol. The maximum atomic E-state index is 12.5. The van der Waals surface area contributed by atoms with Gasteiger partial charge < -0.3 is 9.31 Å². The Morgan fingerprint density at radius 3 is 2.00 bits per heavy atom. The van der Waals surface area contributed by atoms with Crippen LogP contribution in [0.5, 0.6) is 0 Å². The highest BCUT2D eigenvalue weighted by atomic mass is 32.2. The van der Waals surface area contributed by atoms with Crippen LogP contribution >= 0.6 is 0 Å². The second kappa shape index (κ2) is 5.35. The molecule has 1 heterocycles. The molecule has 1 saturated heterocycles. The van der Waals surface area contributed by atoms with Gasteiger partial charge in [-0.05, 0) is 52.2 Å². The molecule has 1 aliphatic heterocycles. The van der Waals surface area contributed by atoms with Crippen molar-refractivity contribution < 1.29 is 26.7 Å². The van der Waals surface area contributed by atoms with E-state index in [0.717, 1.165) is 0 Å². The fraction of sp³-hybridized carbons (Fsp3) is 0.571. The van der Waals surface area contributed by atoms with Crippen molar-refractivity contribution in [2.45, 2.75) is 56.2 Å². The van der Waals surface area contributed by atoms with Crippen molar-refractivity contribution in [1.29, 1.82) is 0 Å². The minimum atomic E-state index is -4.77. The monoisotopic (exact) mass is 334 g/mol. The Morgan fingerprint density at radius 1 is 1.09 bits per heavy atom. The highest BCUT2D eigenvalue weighted by Gasteiger charge is 2.52. The maximum Gasteiger partial charge on any atom is 0.495 e. The third kappa shape index (κ3) is 3.09. The van der Waals surface area contributed by atoms with Gasteiger partial charge in [-0.3, -0.25) is 0 Å². The Morgan fingerprint density at radius 2 is 1.59 bits per heavy atom. The molecule has 0 amide bonds. The van der Waals surface area contributed by atoms with Gasteiger partial charge in [0.15, 0.2) is 10.8 Å². The molecule has 0 radical (unpaired) electrons. The molecule has 0 aliphatic carbocycles. The summed E-state index contributed by atoms with van der Waals surface area (Å²) in [4.78, 5) is -0.273. The van der Waals surface area contributed by atoms with Crippen LogP contribution in [0.4, 0.5) is 13.2 Å². The summed E-state index contributed by atoms with van der Waals surface area (Å²) < 4.78 is 60.7. The summed E-state index contributed by atoms with van der Waals surface area (Å²) in [6.45, 7) is 9.24. The minimum absolute atomic E-state index is 0.273. The molecule has 1 aromatic rings. The Kier molecular flexibility index (Phi) is 4.26. The molecule has 0 spiro atoms. The van der Waals surface area contributed by atoms with E-state index in [0.29, 0.717) is 11.0 Å². The lowest BCUT2D eigenvalue weighted by Gasteiger charge is -2.32. The topological polar surface area (TPSA) is 35.5 Å². The van der Waals surface area contributed by atoms with Crippen molar-refractivity contribution in [2.24, 2.45) is 0 Å². The molecule has 0 N–H and O–H groups in total. The van der Waals surface area contributed by atoms with Crippen molar-refractivity contribution in [3.05, 3.63) is 23.8 Å². The van der Waals surface area contributed by atoms with E-state index in [-0.39, 0.29) is 4.90 Å². The van der Waals surface area contributed by atoms with Gasteiger partial charge in [-0.2, -0.15) is 13.2 Å². The van der Waals surface area contributed by atoms with Crippen LogP contribution in [-0.2, 0) is 20.1 Å². The van der Waals surface area contributed by atoms with Crippen LogP contribution in [0.1, 0.15) is 33.3 Å².